The summed E-state index contributed by atoms with van der Waals surface area (Å²) in [5.74, 6) is 0. The molecular formula is C12H14BrN. The second-order valence-electron chi connectivity index (χ2n) is 3.13. The summed E-state index contributed by atoms with van der Waals surface area (Å²) in [5, 5.41) is 0. The van der Waals surface area contributed by atoms with Crippen LogP contribution in [0.1, 0.15) is 26.3 Å². The monoisotopic (exact) mass is 251 g/mol. The summed E-state index contributed by atoms with van der Waals surface area (Å²) >= 11 is 3.41. The Labute approximate surface area is 93.7 Å². The molecule has 74 valence electrons. The van der Waals surface area contributed by atoms with E-state index in [1.165, 1.54) is 0 Å². The second kappa shape index (κ2) is 5.11. The van der Waals surface area contributed by atoms with E-state index in [0.717, 1.165) is 21.4 Å². The zero-order valence-corrected chi connectivity index (χ0v) is 10.3. The fraction of sp³-hybridized carbons (Fsp3) is 0.250. The molecule has 1 aromatic carbocycles. The first-order valence-electron chi connectivity index (χ1n) is 4.57. The number of allylic oxidation sites excluding steroid dienone is 2. The number of hydrogen-bond donors (Lipinski definition) is 0. The molecular weight excluding hydrogens is 238 g/mol. The van der Waals surface area contributed by atoms with Gasteiger partial charge in [0.2, 0.25) is 0 Å². The van der Waals surface area contributed by atoms with Gasteiger partial charge in [0.25, 0.3) is 0 Å². The molecule has 0 bridgehead atoms. The molecule has 0 N–H and O–H groups in total. The van der Waals surface area contributed by atoms with E-state index in [1.807, 2.05) is 39.0 Å². The van der Waals surface area contributed by atoms with Gasteiger partial charge in [0.1, 0.15) is 0 Å². The van der Waals surface area contributed by atoms with Gasteiger partial charge in [-0.15, -0.1) is 0 Å². The van der Waals surface area contributed by atoms with E-state index in [4.69, 9.17) is 0 Å². The van der Waals surface area contributed by atoms with Crippen LogP contribution in [0.25, 0.3) is 0 Å². The van der Waals surface area contributed by atoms with Gasteiger partial charge in [-0.05, 0) is 38.5 Å². The van der Waals surface area contributed by atoms with Crippen LogP contribution >= 0.6 is 15.9 Å². The van der Waals surface area contributed by atoms with Gasteiger partial charge in [0.15, 0.2) is 0 Å². The van der Waals surface area contributed by atoms with Crippen LogP contribution in [-0.2, 0) is 0 Å². The molecule has 1 rings (SSSR count). The number of hydrogen-bond acceptors (Lipinski definition) is 1. The van der Waals surface area contributed by atoms with Crippen LogP contribution in [-0.4, -0.2) is 5.71 Å². The van der Waals surface area contributed by atoms with Crippen LogP contribution in [0.2, 0.25) is 0 Å². The Hall–Kier alpha value is -0.890. The highest BCUT2D eigenvalue weighted by Crippen LogP contribution is 2.12. The highest BCUT2D eigenvalue weighted by Gasteiger charge is 1.96. The highest BCUT2D eigenvalue weighted by atomic mass is 79.9. The number of benzene rings is 1. The summed E-state index contributed by atoms with van der Waals surface area (Å²) in [7, 11) is 0. The van der Waals surface area contributed by atoms with Gasteiger partial charge in [0.05, 0.1) is 0 Å². The van der Waals surface area contributed by atoms with Crippen molar-refractivity contribution in [2.75, 3.05) is 0 Å². The Kier molecular flexibility index (Phi) is 4.08. The first kappa shape index (κ1) is 11.2. The third-order valence-corrected chi connectivity index (χ3v) is 2.55. The van der Waals surface area contributed by atoms with Gasteiger partial charge in [-0.3, -0.25) is 4.99 Å². The molecule has 0 heterocycles. The molecule has 0 aliphatic heterocycles. The SMILES string of the molecule is C/C=C(C)\N=C(/C)c1ccc(Br)cc1. The summed E-state index contributed by atoms with van der Waals surface area (Å²) in [4.78, 5) is 4.46. The van der Waals surface area contributed by atoms with Crippen molar-refractivity contribution in [1.82, 2.24) is 0 Å². The fourth-order valence-electron chi connectivity index (χ4n) is 1.08. The molecule has 0 saturated carbocycles. The molecule has 0 radical (unpaired) electrons. The molecule has 2 heteroatoms. The molecule has 0 spiro atoms. The predicted octanol–water partition coefficient (Wildman–Crippen LogP) is 4.18. The van der Waals surface area contributed by atoms with Gasteiger partial charge >= 0.3 is 0 Å². The lowest BCUT2D eigenvalue weighted by atomic mass is 10.1. The van der Waals surface area contributed by atoms with Crippen molar-refractivity contribution in [2.24, 2.45) is 4.99 Å². The topological polar surface area (TPSA) is 12.4 Å². The Morgan fingerprint density at radius 2 is 1.79 bits per heavy atom. The standard InChI is InChI=1S/C12H14BrN/c1-4-9(2)14-10(3)11-5-7-12(13)8-6-11/h4-8H,1-3H3/b9-4-,14-10+. The van der Waals surface area contributed by atoms with Crippen LogP contribution in [0.5, 0.6) is 0 Å². The number of nitrogens with zero attached hydrogens (tertiary/aromatic N) is 1. The molecule has 0 unspecified atom stereocenters. The minimum Gasteiger partial charge on any atom is -0.258 e. The average Bonchev–Trinajstić information content (AvgIpc) is 2.18. The molecule has 0 aliphatic carbocycles. The number of aliphatic imine (C=N–C) groups is 1. The predicted molar refractivity (Wildman–Crippen MR) is 65.8 cm³/mol. The van der Waals surface area contributed by atoms with Gasteiger partial charge in [-0.25, -0.2) is 0 Å². The lowest BCUT2D eigenvalue weighted by molar-refractivity contribution is 1.27. The van der Waals surface area contributed by atoms with Crippen molar-refractivity contribution in [3.63, 3.8) is 0 Å². The third-order valence-electron chi connectivity index (χ3n) is 2.02. The number of rotatable bonds is 2. The Morgan fingerprint density at radius 1 is 1.21 bits per heavy atom. The largest absolute Gasteiger partial charge is 0.258 e. The summed E-state index contributed by atoms with van der Waals surface area (Å²) in [6.07, 6.45) is 2.00. The minimum atomic E-state index is 1.05. The Bertz CT molecular complexity index is 360. The maximum Gasteiger partial charge on any atom is 0.0447 e. The van der Waals surface area contributed by atoms with Crippen molar-refractivity contribution in [2.45, 2.75) is 20.8 Å². The third kappa shape index (κ3) is 3.11. The van der Waals surface area contributed by atoms with Crippen LogP contribution in [0, 0.1) is 0 Å². The minimum absolute atomic E-state index is 1.05. The molecule has 0 saturated heterocycles. The second-order valence-corrected chi connectivity index (χ2v) is 4.05. The highest BCUT2D eigenvalue weighted by molar-refractivity contribution is 9.10. The normalized spacial score (nSPS) is 13.1. The van der Waals surface area contributed by atoms with E-state index in [-0.39, 0.29) is 0 Å². The van der Waals surface area contributed by atoms with Gasteiger partial charge in [-0.2, -0.15) is 0 Å². The van der Waals surface area contributed by atoms with Crippen molar-refractivity contribution in [3.05, 3.63) is 46.1 Å². The van der Waals surface area contributed by atoms with E-state index >= 15 is 0 Å². The van der Waals surface area contributed by atoms with E-state index < -0.39 is 0 Å². The molecule has 0 aliphatic rings. The lowest BCUT2D eigenvalue weighted by Crippen LogP contribution is -1.94. The lowest BCUT2D eigenvalue weighted by Gasteiger charge is -2.01. The molecule has 0 fully saturated rings. The van der Waals surface area contributed by atoms with Crippen molar-refractivity contribution in [3.8, 4) is 0 Å². The summed E-state index contributed by atoms with van der Waals surface area (Å²) in [6.45, 7) is 6.02. The molecule has 14 heavy (non-hydrogen) atoms. The van der Waals surface area contributed by atoms with E-state index in [9.17, 15) is 0 Å². The Balaban J connectivity index is 2.95. The van der Waals surface area contributed by atoms with Gasteiger partial charge in [0, 0.05) is 15.9 Å². The van der Waals surface area contributed by atoms with Crippen LogP contribution in [0.4, 0.5) is 0 Å². The molecule has 1 nitrogen and oxygen atoms in total. The van der Waals surface area contributed by atoms with E-state index in [0.29, 0.717) is 0 Å². The van der Waals surface area contributed by atoms with E-state index in [1.54, 1.807) is 0 Å². The Morgan fingerprint density at radius 3 is 2.29 bits per heavy atom. The average molecular weight is 252 g/mol. The van der Waals surface area contributed by atoms with Crippen LogP contribution < -0.4 is 0 Å². The van der Waals surface area contributed by atoms with Gasteiger partial charge in [-0.1, -0.05) is 34.1 Å². The van der Waals surface area contributed by atoms with Crippen LogP contribution in [0.3, 0.4) is 0 Å². The summed E-state index contributed by atoms with van der Waals surface area (Å²) in [5.41, 5.74) is 3.26. The van der Waals surface area contributed by atoms with E-state index in [2.05, 4.69) is 33.1 Å². The molecule has 0 amide bonds. The van der Waals surface area contributed by atoms with Crippen LogP contribution in [0.15, 0.2) is 45.5 Å². The van der Waals surface area contributed by atoms with Crippen molar-refractivity contribution in [1.29, 1.82) is 0 Å². The molecule has 0 atom stereocenters. The maximum absolute atomic E-state index is 4.46. The van der Waals surface area contributed by atoms with Crippen molar-refractivity contribution < 1.29 is 0 Å². The zero-order valence-electron chi connectivity index (χ0n) is 8.71. The van der Waals surface area contributed by atoms with Gasteiger partial charge < -0.3 is 0 Å². The summed E-state index contributed by atoms with van der Waals surface area (Å²) in [6, 6.07) is 8.18. The smallest absolute Gasteiger partial charge is 0.0447 e. The van der Waals surface area contributed by atoms with Crippen molar-refractivity contribution >= 4 is 21.6 Å². The fourth-order valence-corrected chi connectivity index (χ4v) is 1.35. The molecule has 0 aromatic heterocycles. The maximum atomic E-state index is 4.46. The zero-order chi connectivity index (χ0) is 10.6. The first-order valence-corrected chi connectivity index (χ1v) is 5.37. The molecule has 1 aromatic rings. The number of halogens is 1. The first-order chi connectivity index (χ1) is 6.63. The summed E-state index contributed by atoms with van der Waals surface area (Å²) < 4.78 is 1.09. The quantitative estimate of drug-likeness (QED) is 0.700.